The van der Waals surface area contributed by atoms with Crippen molar-refractivity contribution in [1.82, 2.24) is 5.32 Å². The van der Waals surface area contributed by atoms with Crippen molar-refractivity contribution in [2.45, 2.75) is 53.5 Å². The van der Waals surface area contributed by atoms with Crippen molar-refractivity contribution < 1.29 is 4.74 Å². The lowest BCUT2D eigenvalue weighted by molar-refractivity contribution is 0.258. The quantitative estimate of drug-likeness (QED) is 0.839. The molecule has 0 spiro atoms. The van der Waals surface area contributed by atoms with Gasteiger partial charge in [-0.15, -0.1) is 0 Å². The maximum Gasteiger partial charge on any atom is 0.119 e. The molecule has 0 bridgehead atoms. The maximum absolute atomic E-state index is 5.26. The first-order valence-electron chi connectivity index (χ1n) is 7.25. The average Bonchev–Trinajstić information content (AvgIpc) is 2.34. The normalized spacial score (nSPS) is 13.4. The van der Waals surface area contributed by atoms with Crippen LogP contribution in [0, 0.1) is 12.3 Å². The van der Waals surface area contributed by atoms with Crippen LogP contribution in [-0.4, -0.2) is 19.7 Å². The molecular weight excluding hydrogens is 234 g/mol. The molecule has 1 atom stereocenters. The SMILES string of the molecule is CCNC(CCc1ccc(OC)cc1C)C(C)(C)C. The van der Waals surface area contributed by atoms with Gasteiger partial charge in [0.15, 0.2) is 0 Å². The smallest absolute Gasteiger partial charge is 0.119 e. The zero-order valence-electron chi connectivity index (χ0n) is 13.3. The first-order chi connectivity index (χ1) is 8.88. The predicted octanol–water partition coefficient (Wildman–Crippen LogP) is 3.96. The Hall–Kier alpha value is -1.02. The lowest BCUT2D eigenvalue weighted by Gasteiger charge is -2.31. The van der Waals surface area contributed by atoms with E-state index in [0.717, 1.165) is 18.7 Å². The molecule has 2 heteroatoms. The monoisotopic (exact) mass is 263 g/mol. The molecule has 1 rings (SSSR count). The van der Waals surface area contributed by atoms with Gasteiger partial charge in [-0.25, -0.2) is 0 Å². The fraction of sp³-hybridized carbons (Fsp3) is 0.647. The Kier molecular flexibility index (Phi) is 5.86. The second-order valence-corrected chi connectivity index (χ2v) is 6.31. The fourth-order valence-electron chi connectivity index (χ4n) is 2.46. The number of benzene rings is 1. The van der Waals surface area contributed by atoms with Crippen LogP contribution in [0.3, 0.4) is 0 Å². The number of methoxy groups -OCH3 is 1. The highest BCUT2D eigenvalue weighted by Gasteiger charge is 2.23. The topological polar surface area (TPSA) is 21.3 Å². The van der Waals surface area contributed by atoms with Crippen molar-refractivity contribution in [3.63, 3.8) is 0 Å². The minimum Gasteiger partial charge on any atom is -0.497 e. The second kappa shape index (κ2) is 6.95. The van der Waals surface area contributed by atoms with Crippen LogP contribution in [0.1, 0.15) is 45.2 Å². The summed E-state index contributed by atoms with van der Waals surface area (Å²) in [6.07, 6.45) is 2.29. The lowest BCUT2D eigenvalue weighted by Crippen LogP contribution is -2.40. The highest BCUT2D eigenvalue weighted by atomic mass is 16.5. The summed E-state index contributed by atoms with van der Waals surface area (Å²) in [5, 5.41) is 3.61. The molecule has 1 N–H and O–H groups in total. The second-order valence-electron chi connectivity index (χ2n) is 6.31. The van der Waals surface area contributed by atoms with E-state index in [1.54, 1.807) is 7.11 Å². The van der Waals surface area contributed by atoms with Gasteiger partial charge in [-0.05, 0) is 55.0 Å². The van der Waals surface area contributed by atoms with E-state index in [2.05, 4.69) is 58.1 Å². The predicted molar refractivity (Wildman–Crippen MR) is 83.0 cm³/mol. The van der Waals surface area contributed by atoms with E-state index >= 15 is 0 Å². The van der Waals surface area contributed by atoms with Crippen molar-refractivity contribution in [2.75, 3.05) is 13.7 Å². The van der Waals surface area contributed by atoms with Crippen LogP contribution < -0.4 is 10.1 Å². The van der Waals surface area contributed by atoms with Gasteiger partial charge in [0.25, 0.3) is 0 Å². The van der Waals surface area contributed by atoms with E-state index in [1.165, 1.54) is 17.5 Å². The first-order valence-corrected chi connectivity index (χ1v) is 7.25. The van der Waals surface area contributed by atoms with E-state index < -0.39 is 0 Å². The standard InChI is InChI=1S/C17H29NO/c1-7-18-16(17(3,4)5)11-9-14-8-10-15(19-6)12-13(14)2/h8,10,12,16,18H,7,9,11H2,1-6H3. The van der Waals surface area contributed by atoms with Crippen LogP contribution in [0.25, 0.3) is 0 Å². The number of hydrogen-bond donors (Lipinski definition) is 1. The van der Waals surface area contributed by atoms with Gasteiger partial charge in [0.1, 0.15) is 5.75 Å². The molecule has 1 unspecified atom stereocenters. The summed E-state index contributed by atoms with van der Waals surface area (Å²) in [5.74, 6) is 0.945. The molecular formula is C17H29NO. The number of rotatable bonds is 6. The molecule has 0 saturated heterocycles. The van der Waals surface area contributed by atoms with E-state index in [-0.39, 0.29) is 0 Å². The van der Waals surface area contributed by atoms with Gasteiger partial charge in [0, 0.05) is 6.04 Å². The summed E-state index contributed by atoms with van der Waals surface area (Å²) < 4.78 is 5.26. The molecule has 0 amide bonds. The molecule has 108 valence electrons. The Morgan fingerprint density at radius 3 is 2.42 bits per heavy atom. The van der Waals surface area contributed by atoms with Gasteiger partial charge in [0.2, 0.25) is 0 Å². The minimum absolute atomic E-state index is 0.302. The van der Waals surface area contributed by atoms with Crippen molar-refractivity contribution in [3.05, 3.63) is 29.3 Å². The molecule has 0 aromatic heterocycles. The third-order valence-corrected chi connectivity index (χ3v) is 3.75. The molecule has 0 heterocycles. The molecule has 0 aliphatic heterocycles. The van der Waals surface area contributed by atoms with E-state index in [9.17, 15) is 0 Å². The fourth-order valence-corrected chi connectivity index (χ4v) is 2.46. The highest BCUT2D eigenvalue weighted by Crippen LogP contribution is 2.25. The van der Waals surface area contributed by atoms with Gasteiger partial charge in [-0.2, -0.15) is 0 Å². The number of nitrogens with one attached hydrogen (secondary N) is 1. The van der Waals surface area contributed by atoms with Crippen LogP contribution >= 0.6 is 0 Å². The Labute approximate surface area is 118 Å². The number of aryl methyl sites for hydroxylation is 2. The van der Waals surface area contributed by atoms with Gasteiger partial charge in [-0.3, -0.25) is 0 Å². The van der Waals surface area contributed by atoms with Gasteiger partial charge >= 0.3 is 0 Å². The Balaban J connectivity index is 2.69. The van der Waals surface area contributed by atoms with Gasteiger partial charge in [0.05, 0.1) is 7.11 Å². The summed E-state index contributed by atoms with van der Waals surface area (Å²) in [7, 11) is 1.72. The van der Waals surface area contributed by atoms with Crippen LogP contribution in [0.15, 0.2) is 18.2 Å². The first kappa shape index (κ1) is 16.0. The van der Waals surface area contributed by atoms with Crippen LogP contribution in [0.4, 0.5) is 0 Å². The summed E-state index contributed by atoms with van der Waals surface area (Å²) in [6, 6.07) is 6.93. The molecule has 0 aliphatic rings. The summed E-state index contributed by atoms with van der Waals surface area (Å²) in [5.41, 5.74) is 3.05. The zero-order chi connectivity index (χ0) is 14.5. The minimum atomic E-state index is 0.302. The van der Waals surface area contributed by atoms with Crippen molar-refractivity contribution in [1.29, 1.82) is 0 Å². The number of hydrogen-bond acceptors (Lipinski definition) is 2. The molecule has 0 fully saturated rings. The van der Waals surface area contributed by atoms with Crippen LogP contribution in [0.2, 0.25) is 0 Å². The Morgan fingerprint density at radius 2 is 1.95 bits per heavy atom. The number of ether oxygens (including phenoxy) is 1. The average molecular weight is 263 g/mol. The molecule has 0 aliphatic carbocycles. The third kappa shape index (κ3) is 4.87. The summed E-state index contributed by atoms with van der Waals surface area (Å²) in [6.45, 7) is 12.3. The van der Waals surface area contributed by atoms with Crippen LogP contribution in [-0.2, 0) is 6.42 Å². The van der Waals surface area contributed by atoms with Gasteiger partial charge in [-0.1, -0.05) is 33.8 Å². The van der Waals surface area contributed by atoms with E-state index in [4.69, 9.17) is 4.74 Å². The molecule has 19 heavy (non-hydrogen) atoms. The zero-order valence-corrected chi connectivity index (χ0v) is 13.3. The van der Waals surface area contributed by atoms with E-state index in [1.807, 2.05) is 0 Å². The highest BCUT2D eigenvalue weighted by molar-refractivity contribution is 5.34. The lowest BCUT2D eigenvalue weighted by atomic mass is 9.83. The largest absolute Gasteiger partial charge is 0.497 e. The van der Waals surface area contributed by atoms with Crippen molar-refractivity contribution in [2.24, 2.45) is 5.41 Å². The Morgan fingerprint density at radius 1 is 1.26 bits per heavy atom. The third-order valence-electron chi connectivity index (χ3n) is 3.75. The Bertz CT molecular complexity index is 393. The summed E-state index contributed by atoms with van der Waals surface area (Å²) in [4.78, 5) is 0. The van der Waals surface area contributed by atoms with Crippen molar-refractivity contribution in [3.8, 4) is 5.75 Å². The van der Waals surface area contributed by atoms with Crippen molar-refractivity contribution >= 4 is 0 Å². The molecule has 0 radical (unpaired) electrons. The van der Waals surface area contributed by atoms with Gasteiger partial charge < -0.3 is 10.1 Å². The molecule has 0 saturated carbocycles. The maximum atomic E-state index is 5.26. The van der Waals surface area contributed by atoms with Crippen LogP contribution in [0.5, 0.6) is 5.75 Å². The summed E-state index contributed by atoms with van der Waals surface area (Å²) >= 11 is 0. The molecule has 2 nitrogen and oxygen atoms in total. The molecule has 1 aromatic rings. The molecule has 1 aromatic carbocycles. The van der Waals surface area contributed by atoms with E-state index in [0.29, 0.717) is 11.5 Å².